The van der Waals surface area contributed by atoms with Crippen LogP contribution in [0.1, 0.15) is 16.3 Å². The van der Waals surface area contributed by atoms with E-state index in [9.17, 15) is 0 Å². The first-order chi connectivity index (χ1) is 5.33. The lowest BCUT2D eigenvalue weighted by Crippen LogP contribution is -1.69. The smallest absolute Gasteiger partial charge is 0.167 e. The summed E-state index contributed by atoms with van der Waals surface area (Å²) in [6.45, 7) is 2.03. The molecule has 11 heavy (non-hydrogen) atoms. The Morgan fingerprint density at radius 1 is 1.73 bits per heavy atom. The van der Waals surface area contributed by atoms with Crippen molar-refractivity contribution in [3.63, 3.8) is 0 Å². The van der Waals surface area contributed by atoms with Gasteiger partial charge >= 0.3 is 0 Å². The van der Waals surface area contributed by atoms with Crippen molar-refractivity contribution in [2.75, 3.05) is 5.75 Å². The summed E-state index contributed by atoms with van der Waals surface area (Å²) >= 11 is 5.68. The quantitative estimate of drug-likeness (QED) is 0.520. The molecule has 1 aromatic heterocycles. The Morgan fingerprint density at radius 3 is 3.09 bits per heavy atom. The Balaban J connectivity index is 2.59. The van der Waals surface area contributed by atoms with E-state index in [1.807, 2.05) is 13.1 Å². The molecule has 0 atom stereocenters. The van der Waals surface area contributed by atoms with Gasteiger partial charge in [0.05, 0.1) is 0 Å². The average molecular weight is 183 g/mol. The molecule has 0 saturated carbocycles. The molecule has 0 aliphatic rings. The first-order valence-corrected chi connectivity index (χ1v) is 4.80. The van der Waals surface area contributed by atoms with Gasteiger partial charge in [-0.1, -0.05) is 5.92 Å². The third-order valence-electron chi connectivity index (χ3n) is 1.05. The second-order valence-electron chi connectivity index (χ2n) is 2.05. The van der Waals surface area contributed by atoms with Gasteiger partial charge in [0.2, 0.25) is 0 Å². The minimum absolute atomic E-state index is 0.817. The van der Waals surface area contributed by atoms with E-state index in [4.69, 9.17) is 0 Å². The first-order valence-electron chi connectivity index (χ1n) is 3.35. The molecule has 0 aliphatic heterocycles. The maximum Gasteiger partial charge on any atom is 0.167 e. The zero-order chi connectivity index (χ0) is 8.10. The lowest BCUT2D eigenvalue weighted by Gasteiger charge is -1.76. The van der Waals surface area contributed by atoms with Crippen LogP contribution in [0.2, 0.25) is 0 Å². The van der Waals surface area contributed by atoms with Gasteiger partial charge in [-0.15, -0.1) is 11.3 Å². The fourth-order valence-corrected chi connectivity index (χ4v) is 1.36. The van der Waals surface area contributed by atoms with Gasteiger partial charge in [0, 0.05) is 23.2 Å². The Bertz CT molecular complexity index is 280. The number of rotatable bonds is 1. The molecule has 3 heteroatoms. The van der Waals surface area contributed by atoms with E-state index in [0.717, 1.165) is 17.2 Å². The van der Waals surface area contributed by atoms with E-state index in [1.165, 1.54) is 4.88 Å². The molecule has 1 aromatic rings. The zero-order valence-corrected chi connectivity index (χ0v) is 8.01. The number of thiazole rings is 1. The molecule has 0 aromatic carbocycles. The number of aromatic nitrogens is 1. The van der Waals surface area contributed by atoms with Crippen molar-refractivity contribution >= 4 is 24.0 Å². The lowest BCUT2D eigenvalue weighted by molar-refractivity contribution is 1.30. The average Bonchev–Trinajstić information content (AvgIpc) is 2.37. The molecule has 0 amide bonds. The van der Waals surface area contributed by atoms with Crippen molar-refractivity contribution in [2.45, 2.75) is 13.3 Å². The summed E-state index contributed by atoms with van der Waals surface area (Å²) in [4.78, 5) is 5.32. The first kappa shape index (κ1) is 8.63. The standard InChI is InChI=1S/C8H9NS2/c1-7-6-9-8(11-7)4-2-3-5-10/h6,10H,3,5H2,1H3. The molecule has 0 N–H and O–H groups in total. The van der Waals surface area contributed by atoms with Gasteiger partial charge in [-0.3, -0.25) is 0 Å². The van der Waals surface area contributed by atoms with Crippen LogP contribution in [0.25, 0.3) is 0 Å². The summed E-state index contributed by atoms with van der Waals surface area (Å²) in [5.74, 6) is 6.78. The van der Waals surface area contributed by atoms with Gasteiger partial charge in [-0.25, -0.2) is 4.98 Å². The molecule has 0 fully saturated rings. The summed E-state index contributed by atoms with van der Waals surface area (Å²) in [5, 5.41) is 0.907. The van der Waals surface area contributed by atoms with E-state index < -0.39 is 0 Å². The molecule has 0 unspecified atom stereocenters. The summed E-state index contributed by atoms with van der Waals surface area (Å²) in [6.07, 6.45) is 2.68. The summed E-state index contributed by atoms with van der Waals surface area (Å²) < 4.78 is 0. The van der Waals surface area contributed by atoms with E-state index in [0.29, 0.717) is 0 Å². The Labute approximate surface area is 76.3 Å². The molecule has 0 spiro atoms. The van der Waals surface area contributed by atoms with E-state index >= 15 is 0 Å². The molecule has 1 nitrogen and oxygen atoms in total. The second kappa shape index (κ2) is 4.42. The maximum absolute atomic E-state index is 4.11. The van der Waals surface area contributed by atoms with Gasteiger partial charge in [-0.2, -0.15) is 12.6 Å². The van der Waals surface area contributed by atoms with Gasteiger partial charge < -0.3 is 0 Å². The minimum Gasteiger partial charge on any atom is -0.236 e. The van der Waals surface area contributed by atoms with E-state index in [1.54, 1.807) is 11.3 Å². The number of hydrogen-bond donors (Lipinski definition) is 1. The van der Waals surface area contributed by atoms with Crippen LogP contribution < -0.4 is 0 Å². The Hall–Kier alpha value is -0.460. The van der Waals surface area contributed by atoms with Gasteiger partial charge in [0.15, 0.2) is 5.01 Å². The van der Waals surface area contributed by atoms with Crippen LogP contribution in [-0.2, 0) is 0 Å². The van der Waals surface area contributed by atoms with Crippen LogP contribution >= 0.6 is 24.0 Å². The molecule has 0 bridgehead atoms. The van der Waals surface area contributed by atoms with Crippen LogP contribution in [0.15, 0.2) is 6.20 Å². The van der Waals surface area contributed by atoms with E-state index in [-0.39, 0.29) is 0 Å². The third-order valence-corrected chi connectivity index (χ3v) is 2.11. The normalized spacial score (nSPS) is 8.91. The molecular weight excluding hydrogens is 174 g/mol. The van der Waals surface area contributed by atoms with Crippen LogP contribution in [0.4, 0.5) is 0 Å². The predicted molar refractivity (Wildman–Crippen MR) is 52.2 cm³/mol. The Kier molecular flexibility index (Phi) is 3.47. The molecule has 1 heterocycles. The largest absolute Gasteiger partial charge is 0.236 e. The number of thiol groups is 1. The van der Waals surface area contributed by atoms with Crippen LogP contribution in [0.3, 0.4) is 0 Å². The number of aryl methyl sites for hydroxylation is 1. The molecular formula is C8H9NS2. The molecule has 58 valence electrons. The number of nitrogens with zero attached hydrogens (tertiary/aromatic N) is 1. The highest BCUT2D eigenvalue weighted by Gasteiger charge is 1.90. The fraction of sp³-hybridized carbons (Fsp3) is 0.375. The van der Waals surface area contributed by atoms with Gasteiger partial charge in [0.25, 0.3) is 0 Å². The van der Waals surface area contributed by atoms with Gasteiger partial charge in [-0.05, 0) is 12.8 Å². The topological polar surface area (TPSA) is 12.9 Å². The monoisotopic (exact) mass is 183 g/mol. The lowest BCUT2D eigenvalue weighted by atomic mass is 10.5. The molecule has 1 rings (SSSR count). The highest BCUT2D eigenvalue weighted by atomic mass is 32.1. The van der Waals surface area contributed by atoms with Crippen molar-refractivity contribution in [1.82, 2.24) is 4.98 Å². The fourth-order valence-electron chi connectivity index (χ4n) is 0.607. The minimum atomic E-state index is 0.817. The summed E-state index contributed by atoms with van der Waals surface area (Å²) in [7, 11) is 0. The van der Waals surface area contributed by atoms with Crippen molar-refractivity contribution in [3.8, 4) is 11.8 Å². The maximum atomic E-state index is 4.11. The van der Waals surface area contributed by atoms with Crippen molar-refractivity contribution in [2.24, 2.45) is 0 Å². The predicted octanol–water partition coefficient (Wildman–Crippen LogP) is 2.12. The highest BCUT2D eigenvalue weighted by molar-refractivity contribution is 7.80. The number of hydrogen-bond acceptors (Lipinski definition) is 3. The van der Waals surface area contributed by atoms with Gasteiger partial charge in [0.1, 0.15) is 0 Å². The SMILES string of the molecule is Cc1cnc(C#CCCS)s1. The Morgan fingerprint density at radius 2 is 2.55 bits per heavy atom. The molecule has 0 aliphatic carbocycles. The zero-order valence-electron chi connectivity index (χ0n) is 6.29. The van der Waals surface area contributed by atoms with Crippen LogP contribution in [0, 0.1) is 18.8 Å². The molecule has 0 saturated heterocycles. The highest BCUT2D eigenvalue weighted by Crippen LogP contribution is 2.08. The van der Waals surface area contributed by atoms with Crippen molar-refractivity contribution in [1.29, 1.82) is 0 Å². The van der Waals surface area contributed by atoms with Crippen molar-refractivity contribution in [3.05, 3.63) is 16.1 Å². The third kappa shape index (κ3) is 2.96. The van der Waals surface area contributed by atoms with Crippen molar-refractivity contribution < 1.29 is 0 Å². The summed E-state index contributed by atoms with van der Waals surface area (Å²) in [5.41, 5.74) is 0. The second-order valence-corrected chi connectivity index (χ2v) is 3.73. The van der Waals surface area contributed by atoms with Crippen LogP contribution in [-0.4, -0.2) is 10.7 Å². The van der Waals surface area contributed by atoms with Crippen LogP contribution in [0.5, 0.6) is 0 Å². The molecule has 0 radical (unpaired) electrons. The van der Waals surface area contributed by atoms with E-state index in [2.05, 4.69) is 29.5 Å². The summed E-state index contributed by atoms with van der Waals surface area (Å²) in [6, 6.07) is 0.